The fourth-order valence-corrected chi connectivity index (χ4v) is 3.35. The van der Waals surface area contributed by atoms with E-state index < -0.39 is 5.66 Å². The molecule has 1 spiro atoms. The summed E-state index contributed by atoms with van der Waals surface area (Å²) in [5, 5.41) is 0.702. The molecule has 2 aliphatic rings. The Bertz CT molecular complexity index is 795. The van der Waals surface area contributed by atoms with Crippen molar-refractivity contribution in [1.29, 1.82) is 0 Å². The fraction of sp³-hybridized carbons (Fsp3) is 0.294. The van der Waals surface area contributed by atoms with Crippen molar-refractivity contribution in [1.82, 2.24) is 4.90 Å². The Kier molecular flexibility index (Phi) is 3.30. The normalized spacial score (nSPS) is 19.1. The summed E-state index contributed by atoms with van der Waals surface area (Å²) in [6.45, 7) is 0.776. The Balaban J connectivity index is 1.57. The number of hydrogen-bond acceptors (Lipinski definition) is 5. The van der Waals surface area contributed by atoms with Crippen LogP contribution in [0.2, 0.25) is 0 Å². The quantitative estimate of drug-likeness (QED) is 0.815. The highest BCUT2D eigenvalue weighted by atomic mass is 19.2. The lowest BCUT2D eigenvalue weighted by molar-refractivity contribution is 0.0600. The van der Waals surface area contributed by atoms with Crippen LogP contribution in [0.5, 0.6) is 0 Å². The number of carbonyl (C=O) groups is 1. The average Bonchev–Trinajstić information content (AvgIpc) is 3.15. The second-order valence-corrected chi connectivity index (χ2v) is 6.05. The van der Waals surface area contributed by atoms with E-state index in [0.29, 0.717) is 53.9 Å². The Morgan fingerprint density at radius 3 is 2.67 bits per heavy atom. The molecule has 1 amide bonds. The van der Waals surface area contributed by atoms with E-state index in [0.717, 1.165) is 0 Å². The summed E-state index contributed by atoms with van der Waals surface area (Å²) in [5.74, 6) is 0.443. The molecule has 2 aromatic rings. The molecule has 0 bridgehead atoms. The Morgan fingerprint density at radius 2 is 1.96 bits per heavy atom. The van der Waals surface area contributed by atoms with E-state index in [1.807, 2.05) is 0 Å². The minimum absolute atomic E-state index is 0.187. The lowest BCUT2D eigenvalue weighted by Gasteiger charge is -2.44. The number of piperidine rings is 1. The molecule has 1 aromatic carbocycles. The van der Waals surface area contributed by atoms with E-state index >= 15 is 4.48 Å². The third-order valence-corrected chi connectivity index (χ3v) is 4.67. The van der Waals surface area contributed by atoms with Crippen molar-refractivity contribution in [3.8, 4) is 0 Å². The van der Waals surface area contributed by atoms with Crippen LogP contribution in [-0.4, -0.2) is 35.4 Å². The number of nitrogens with zero attached hydrogens (tertiary/aromatic N) is 3. The summed E-state index contributed by atoms with van der Waals surface area (Å²) in [6.07, 6.45) is 2.20. The number of fused-ring (bicyclic) bond motifs is 1. The van der Waals surface area contributed by atoms with Gasteiger partial charge in [0.1, 0.15) is 5.84 Å². The molecule has 3 heterocycles. The first-order valence-electron chi connectivity index (χ1n) is 7.84. The molecule has 1 aromatic heterocycles. The fourth-order valence-electron chi connectivity index (χ4n) is 3.35. The summed E-state index contributed by atoms with van der Waals surface area (Å²) in [4.78, 5) is 18.4. The Morgan fingerprint density at radius 1 is 1.21 bits per heavy atom. The minimum atomic E-state index is -1.04. The molecule has 24 heavy (non-hydrogen) atoms. The van der Waals surface area contributed by atoms with Crippen LogP contribution in [0.4, 0.5) is 10.2 Å². The molecule has 6 nitrogen and oxygen atoms in total. The predicted octanol–water partition coefficient (Wildman–Crippen LogP) is 2.32. The number of amidine groups is 1. The van der Waals surface area contributed by atoms with Gasteiger partial charge in [-0.05, 0) is 24.3 Å². The number of rotatable bonds is 1. The monoisotopic (exact) mass is 328 g/mol. The van der Waals surface area contributed by atoms with Gasteiger partial charge in [-0.15, -0.1) is 0 Å². The number of furan rings is 1. The van der Waals surface area contributed by atoms with Crippen molar-refractivity contribution in [3.63, 3.8) is 0 Å². The van der Waals surface area contributed by atoms with Crippen molar-refractivity contribution in [2.24, 2.45) is 10.7 Å². The van der Waals surface area contributed by atoms with Crippen molar-refractivity contribution in [3.05, 3.63) is 54.0 Å². The van der Waals surface area contributed by atoms with Gasteiger partial charge in [0.05, 0.1) is 12.0 Å². The first-order valence-corrected chi connectivity index (χ1v) is 7.84. The largest absolute Gasteiger partial charge is 0.459 e. The van der Waals surface area contributed by atoms with Gasteiger partial charge in [-0.2, -0.15) is 5.12 Å². The van der Waals surface area contributed by atoms with Gasteiger partial charge >= 0.3 is 0 Å². The molecule has 124 valence electrons. The highest BCUT2D eigenvalue weighted by Gasteiger charge is 2.45. The zero-order chi connectivity index (χ0) is 16.7. The molecule has 0 saturated carbocycles. The van der Waals surface area contributed by atoms with Crippen LogP contribution in [-0.2, 0) is 0 Å². The second kappa shape index (κ2) is 5.36. The van der Waals surface area contributed by atoms with Gasteiger partial charge in [-0.3, -0.25) is 4.79 Å². The number of nitrogens with two attached hydrogens (primary N) is 1. The summed E-state index contributed by atoms with van der Waals surface area (Å²) in [6, 6.07) is 10.3. The van der Waals surface area contributed by atoms with Gasteiger partial charge < -0.3 is 15.1 Å². The average molecular weight is 328 g/mol. The third-order valence-electron chi connectivity index (χ3n) is 4.67. The second-order valence-electron chi connectivity index (χ2n) is 6.05. The van der Waals surface area contributed by atoms with E-state index in [1.54, 1.807) is 41.3 Å². The number of carbonyl (C=O) groups excluding carboxylic acids is 1. The molecule has 4 rings (SSSR count). The number of para-hydroxylation sites is 1. The molecule has 0 aliphatic carbocycles. The number of hydrogen-bond donors (Lipinski definition) is 1. The van der Waals surface area contributed by atoms with Gasteiger partial charge in [-0.1, -0.05) is 16.6 Å². The summed E-state index contributed by atoms with van der Waals surface area (Å²) < 4.78 is 20.2. The van der Waals surface area contributed by atoms with E-state index in [-0.39, 0.29) is 5.91 Å². The first kappa shape index (κ1) is 14.7. The third kappa shape index (κ3) is 2.16. The van der Waals surface area contributed by atoms with Gasteiger partial charge in [0.25, 0.3) is 5.91 Å². The predicted molar refractivity (Wildman–Crippen MR) is 87.3 cm³/mol. The molecule has 0 radical (unpaired) electrons. The highest BCUT2D eigenvalue weighted by molar-refractivity contribution is 6.04. The van der Waals surface area contributed by atoms with E-state index in [1.165, 1.54) is 6.26 Å². The van der Waals surface area contributed by atoms with Gasteiger partial charge in [-0.25, -0.2) is 4.99 Å². The number of anilines is 1. The molecule has 2 aliphatic heterocycles. The Hall–Kier alpha value is -2.83. The SMILES string of the molecule is NC1=NC2(CCN(C(=O)c3ccco3)CC2)N(F)c2ccccc21. The van der Waals surface area contributed by atoms with Crippen molar-refractivity contribution in [2.75, 3.05) is 18.2 Å². The molecule has 0 atom stereocenters. The molecular formula is C17H17FN4O2. The topological polar surface area (TPSA) is 75.1 Å². The van der Waals surface area contributed by atoms with Crippen LogP contribution < -0.4 is 10.9 Å². The maximum atomic E-state index is 15.0. The Labute approximate surface area is 138 Å². The van der Waals surface area contributed by atoms with Gasteiger partial charge in [0, 0.05) is 31.5 Å². The maximum absolute atomic E-state index is 15.0. The number of amides is 1. The van der Waals surface area contributed by atoms with Crippen molar-refractivity contribution < 1.29 is 13.7 Å². The summed E-state index contributed by atoms with van der Waals surface area (Å²) >= 11 is 0. The number of likely N-dealkylation sites (tertiary alicyclic amines) is 1. The number of aliphatic imine (C=N–C) groups is 1. The van der Waals surface area contributed by atoms with E-state index in [4.69, 9.17) is 10.2 Å². The van der Waals surface area contributed by atoms with Gasteiger partial charge in [0.15, 0.2) is 11.4 Å². The van der Waals surface area contributed by atoms with Crippen molar-refractivity contribution in [2.45, 2.75) is 18.5 Å². The smallest absolute Gasteiger partial charge is 0.289 e. The molecular weight excluding hydrogens is 311 g/mol. The molecule has 0 unspecified atom stereocenters. The number of benzene rings is 1. The zero-order valence-electron chi connectivity index (χ0n) is 13.0. The van der Waals surface area contributed by atoms with Crippen LogP contribution in [0, 0.1) is 0 Å². The first-order chi connectivity index (χ1) is 11.6. The highest BCUT2D eigenvalue weighted by Crippen LogP contribution is 2.40. The number of halogens is 1. The zero-order valence-corrected chi connectivity index (χ0v) is 13.0. The minimum Gasteiger partial charge on any atom is -0.459 e. The standard InChI is InChI=1S/C17H17FN4O2/c18-22-13-5-2-1-4-12(13)15(19)20-17(22)7-9-21(10-8-17)16(23)14-6-3-11-24-14/h1-6,11H,7-10H2,(H2,19,20). The van der Waals surface area contributed by atoms with Crippen LogP contribution >= 0.6 is 0 Å². The van der Waals surface area contributed by atoms with Crippen LogP contribution in [0.25, 0.3) is 0 Å². The van der Waals surface area contributed by atoms with Crippen LogP contribution in [0.15, 0.2) is 52.1 Å². The van der Waals surface area contributed by atoms with Crippen LogP contribution in [0.1, 0.15) is 29.0 Å². The van der Waals surface area contributed by atoms with Gasteiger partial charge in [0.2, 0.25) is 0 Å². The molecule has 7 heteroatoms. The van der Waals surface area contributed by atoms with E-state index in [9.17, 15) is 4.79 Å². The van der Waals surface area contributed by atoms with Crippen LogP contribution in [0.3, 0.4) is 0 Å². The summed E-state index contributed by atoms with van der Waals surface area (Å²) in [7, 11) is 0. The molecule has 1 saturated heterocycles. The van der Waals surface area contributed by atoms with Crippen molar-refractivity contribution >= 4 is 17.4 Å². The van der Waals surface area contributed by atoms with E-state index in [2.05, 4.69) is 4.99 Å². The lowest BCUT2D eigenvalue weighted by Crippen LogP contribution is -2.55. The molecule has 1 fully saturated rings. The maximum Gasteiger partial charge on any atom is 0.289 e. The molecule has 2 N–H and O–H groups in total. The summed E-state index contributed by atoms with van der Waals surface area (Å²) in [5.41, 5.74) is 6.03. The lowest BCUT2D eigenvalue weighted by atomic mass is 9.93.